The molecule has 2 aliphatic rings. The Bertz CT molecular complexity index is 198. The lowest BCUT2D eigenvalue weighted by Gasteiger charge is -2.42. The van der Waals surface area contributed by atoms with Crippen LogP contribution < -0.4 is 5.73 Å². The Kier molecular flexibility index (Phi) is 4.00. The zero-order chi connectivity index (χ0) is 10.7. The number of aliphatic hydroxyl groups is 1. The predicted octanol–water partition coefficient (Wildman–Crippen LogP) is 0.961. The molecular weight excluding hydrogens is 188 g/mol. The van der Waals surface area contributed by atoms with E-state index >= 15 is 0 Å². The van der Waals surface area contributed by atoms with E-state index in [4.69, 9.17) is 5.73 Å². The van der Waals surface area contributed by atoms with Gasteiger partial charge in [-0.15, -0.1) is 0 Å². The number of rotatable bonds is 2. The summed E-state index contributed by atoms with van der Waals surface area (Å²) in [5.41, 5.74) is 6.19. The fourth-order valence-corrected chi connectivity index (χ4v) is 3.14. The lowest BCUT2D eigenvalue weighted by molar-refractivity contribution is 0.0634. The van der Waals surface area contributed by atoms with E-state index in [1.807, 2.05) is 0 Å². The Morgan fingerprint density at radius 2 is 1.93 bits per heavy atom. The second kappa shape index (κ2) is 5.28. The molecule has 0 aromatic carbocycles. The predicted molar refractivity (Wildman–Crippen MR) is 61.6 cm³/mol. The van der Waals surface area contributed by atoms with Crippen LogP contribution in [0.5, 0.6) is 0 Å². The van der Waals surface area contributed by atoms with Gasteiger partial charge < -0.3 is 10.8 Å². The Morgan fingerprint density at radius 1 is 1.13 bits per heavy atom. The molecule has 3 atom stereocenters. The highest BCUT2D eigenvalue weighted by Crippen LogP contribution is 2.26. The Hall–Kier alpha value is -0.120. The standard InChI is InChI=1S/C12H24N2O/c13-11-5-1-2-6-12(11)14-7-3-4-10(8-14)9-15/h10-12,15H,1-9,13H2. The molecule has 3 heteroatoms. The van der Waals surface area contributed by atoms with Crippen molar-refractivity contribution in [2.24, 2.45) is 11.7 Å². The highest BCUT2D eigenvalue weighted by molar-refractivity contribution is 4.88. The molecule has 1 aliphatic carbocycles. The van der Waals surface area contributed by atoms with E-state index in [-0.39, 0.29) is 0 Å². The molecule has 88 valence electrons. The van der Waals surface area contributed by atoms with Crippen LogP contribution in [0, 0.1) is 5.92 Å². The Labute approximate surface area is 92.6 Å². The van der Waals surface area contributed by atoms with Crippen molar-refractivity contribution in [1.82, 2.24) is 4.90 Å². The van der Waals surface area contributed by atoms with Gasteiger partial charge >= 0.3 is 0 Å². The number of nitrogens with two attached hydrogens (primary N) is 1. The van der Waals surface area contributed by atoms with Crippen LogP contribution in [0.3, 0.4) is 0 Å². The van der Waals surface area contributed by atoms with Gasteiger partial charge in [0.25, 0.3) is 0 Å². The van der Waals surface area contributed by atoms with Crippen molar-refractivity contribution < 1.29 is 5.11 Å². The molecule has 0 spiro atoms. The van der Waals surface area contributed by atoms with E-state index in [2.05, 4.69) is 4.90 Å². The topological polar surface area (TPSA) is 49.5 Å². The summed E-state index contributed by atoms with van der Waals surface area (Å²) in [5.74, 6) is 0.493. The molecule has 2 rings (SSSR count). The Balaban J connectivity index is 1.90. The quantitative estimate of drug-likeness (QED) is 0.717. The lowest BCUT2D eigenvalue weighted by atomic mass is 9.87. The molecule has 0 aromatic heterocycles. The SMILES string of the molecule is NC1CCCCC1N1CCCC(CO)C1. The van der Waals surface area contributed by atoms with Crippen molar-refractivity contribution >= 4 is 0 Å². The molecule has 0 radical (unpaired) electrons. The highest BCUT2D eigenvalue weighted by Gasteiger charge is 2.30. The van der Waals surface area contributed by atoms with Gasteiger partial charge in [0.1, 0.15) is 0 Å². The molecule has 1 aliphatic heterocycles. The summed E-state index contributed by atoms with van der Waals surface area (Å²) in [5, 5.41) is 9.22. The molecule has 0 aromatic rings. The van der Waals surface area contributed by atoms with E-state index in [0.29, 0.717) is 24.6 Å². The number of nitrogens with zero attached hydrogens (tertiary/aromatic N) is 1. The van der Waals surface area contributed by atoms with Crippen molar-refractivity contribution in [3.8, 4) is 0 Å². The van der Waals surface area contributed by atoms with Gasteiger partial charge in [0.2, 0.25) is 0 Å². The fraction of sp³-hybridized carbons (Fsp3) is 1.00. The monoisotopic (exact) mass is 212 g/mol. The Morgan fingerprint density at radius 3 is 2.67 bits per heavy atom. The van der Waals surface area contributed by atoms with Crippen molar-refractivity contribution in [3.05, 3.63) is 0 Å². The molecular formula is C12H24N2O. The van der Waals surface area contributed by atoms with Crippen LogP contribution in [-0.4, -0.2) is 41.8 Å². The average molecular weight is 212 g/mol. The maximum Gasteiger partial charge on any atom is 0.0471 e. The van der Waals surface area contributed by atoms with Gasteiger partial charge in [-0.2, -0.15) is 0 Å². The van der Waals surface area contributed by atoms with E-state index in [1.54, 1.807) is 0 Å². The number of likely N-dealkylation sites (tertiary alicyclic amines) is 1. The van der Waals surface area contributed by atoms with Crippen LogP contribution >= 0.6 is 0 Å². The zero-order valence-corrected chi connectivity index (χ0v) is 9.57. The number of hydrogen-bond donors (Lipinski definition) is 2. The average Bonchev–Trinajstić information content (AvgIpc) is 2.30. The van der Waals surface area contributed by atoms with Crippen molar-refractivity contribution in [2.75, 3.05) is 19.7 Å². The molecule has 1 saturated carbocycles. The summed E-state index contributed by atoms with van der Waals surface area (Å²) in [6, 6.07) is 0.962. The summed E-state index contributed by atoms with van der Waals surface area (Å²) in [4.78, 5) is 2.54. The van der Waals surface area contributed by atoms with E-state index in [0.717, 1.165) is 6.54 Å². The van der Waals surface area contributed by atoms with Gasteiger partial charge in [-0.25, -0.2) is 0 Å². The van der Waals surface area contributed by atoms with Crippen molar-refractivity contribution in [3.63, 3.8) is 0 Å². The van der Waals surface area contributed by atoms with Gasteiger partial charge in [0, 0.05) is 25.2 Å². The largest absolute Gasteiger partial charge is 0.396 e. The van der Waals surface area contributed by atoms with Gasteiger partial charge in [-0.3, -0.25) is 4.90 Å². The third-order valence-electron chi connectivity index (χ3n) is 4.06. The minimum atomic E-state index is 0.346. The molecule has 1 saturated heterocycles. The summed E-state index contributed by atoms with van der Waals surface area (Å²) < 4.78 is 0. The number of piperidine rings is 1. The molecule has 3 unspecified atom stereocenters. The summed E-state index contributed by atoms with van der Waals surface area (Å²) in [6.45, 7) is 2.60. The third kappa shape index (κ3) is 2.71. The minimum Gasteiger partial charge on any atom is -0.396 e. The fourth-order valence-electron chi connectivity index (χ4n) is 3.14. The molecule has 3 nitrogen and oxygen atoms in total. The summed E-state index contributed by atoms with van der Waals surface area (Å²) >= 11 is 0. The zero-order valence-electron chi connectivity index (χ0n) is 9.57. The highest BCUT2D eigenvalue weighted by atomic mass is 16.3. The maximum atomic E-state index is 9.22. The van der Waals surface area contributed by atoms with Crippen LogP contribution in [-0.2, 0) is 0 Å². The van der Waals surface area contributed by atoms with Crippen molar-refractivity contribution in [1.29, 1.82) is 0 Å². The van der Waals surface area contributed by atoms with E-state index < -0.39 is 0 Å². The molecule has 15 heavy (non-hydrogen) atoms. The van der Waals surface area contributed by atoms with Gasteiger partial charge in [-0.05, 0) is 38.1 Å². The first kappa shape index (κ1) is 11.4. The van der Waals surface area contributed by atoms with Gasteiger partial charge in [0.15, 0.2) is 0 Å². The van der Waals surface area contributed by atoms with E-state index in [1.165, 1.54) is 45.1 Å². The van der Waals surface area contributed by atoms with Crippen LogP contribution in [0.4, 0.5) is 0 Å². The first-order valence-electron chi connectivity index (χ1n) is 6.41. The summed E-state index contributed by atoms with van der Waals surface area (Å²) in [6.07, 6.45) is 7.50. The third-order valence-corrected chi connectivity index (χ3v) is 4.06. The van der Waals surface area contributed by atoms with Crippen LogP contribution in [0.1, 0.15) is 38.5 Å². The van der Waals surface area contributed by atoms with Crippen LogP contribution in [0.15, 0.2) is 0 Å². The van der Waals surface area contributed by atoms with Crippen molar-refractivity contribution in [2.45, 2.75) is 50.6 Å². The summed E-state index contributed by atoms with van der Waals surface area (Å²) in [7, 11) is 0. The molecule has 0 amide bonds. The molecule has 0 bridgehead atoms. The van der Waals surface area contributed by atoms with Crippen LogP contribution in [0.2, 0.25) is 0 Å². The number of hydrogen-bond acceptors (Lipinski definition) is 3. The van der Waals surface area contributed by atoms with Gasteiger partial charge in [0.05, 0.1) is 0 Å². The lowest BCUT2D eigenvalue weighted by Crippen LogP contribution is -2.53. The first-order chi connectivity index (χ1) is 7.31. The maximum absolute atomic E-state index is 9.22. The van der Waals surface area contributed by atoms with E-state index in [9.17, 15) is 5.11 Å². The smallest absolute Gasteiger partial charge is 0.0471 e. The molecule has 1 heterocycles. The van der Waals surface area contributed by atoms with Crippen LogP contribution in [0.25, 0.3) is 0 Å². The minimum absolute atomic E-state index is 0.346. The molecule has 3 N–H and O–H groups in total. The second-order valence-corrected chi connectivity index (χ2v) is 5.20. The molecule has 2 fully saturated rings. The second-order valence-electron chi connectivity index (χ2n) is 5.20. The van der Waals surface area contributed by atoms with Gasteiger partial charge in [-0.1, -0.05) is 12.8 Å². The first-order valence-corrected chi connectivity index (χ1v) is 6.41. The number of aliphatic hydroxyl groups excluding tert-OH is 1. The normalized spacial score (nSPS) is 39.2.